The van der Waals surface area contributed by atoms with E-state index in [1.54, 1.807) is 55.7 Å². The van der Waals surface area contributed by atoms with E-state index < -0.39 is 0 Å². The number of hydrogen-bond donors (Lipinski definition) is 1. The van der Waals surface area contributed by atoms with Crippen LogP contribution in [-0.4, -0.2) is 34.9 Å². The number of anilines is 1. The molecule has 2 aromatic heterocycles. The number of para-hydroxylation sites is 1. The fourth-order valence-corrected chi connectivity index (χ4v) is 3.05. The van der Waals surface area contributed by atoms with Gasteiger partial charge in [0.05, 0.1) is 25.5 Å². The first kappa shape index (κ1) is 19.2. The zero-order valence-electron chi connectivity index (χ0n) is 16.6. The van der Waals surface area contributed by atoms with Crippen LogP contribution in [0, 0.1) is 0 Å². The van der Waals surface area contributed by atoms with Crippen LogP contribution in [0.1, 0.15) is 10.4 Å². The minimum atomic E-state index is -0.300. The van der Waals surface area contributed by atoms with Crippen molar-refractivity contribution in [3.63, 3.8) is 0 Å². The van der Waals surface area contributed by atoms with Gasteiger partial charge >= 0.3 is 0 Å². The van der Waals surface area contributed by atoms with Gasteiger partial charge < -0.3 is 14.8 Å². The Bertz CT molecular complexity index is 1140. The lowest BCUT2D eigenvalue weighted by Gasteiger charge is -2.10. The van der Waals surface area contributed by atoms with Crippen LogP contribution in [0.15, 0.2) is 79.3 Å². The number of ether oxygens (including phenoxy) is 2. The molecule has 1 N–H and O–H groups in total. The molecule has 4 rings (SSSR count). The summed E-state index contributed by atoms with van der Waals surface area (Å²) in [5.74, 6) is 0.862. The molecule has 7 nitrogen and oxygen atoms in total. The van der Waals surface area contributed by atoms with Crippen LogP contribution in [-0.2, 0) is 0 Å². The molecule has 0 aliphatic heterocycles. The van der Waals surface area contributed by atoms with Gasteiger partial charge in [0, 0.05) is 48.0 Å². The highest BCUT2D eigenvalue weighted by Gasteiger charge is 2.19. The van der Waals surface area contributed by atoms with Crippen molar-refractivity contribution in [2.45, 2.75) is 0 Å². The maximum Gasteiger partial charge on any atom is 0.259 e. The van der Waals surface area contributed by atoms with Gasteiger partial charge in [-0.05, 0) is 24.3 Å². The Hall–Kier alpha value is -4.13. The summed E-state index contributed by atoms with van der Waals surface area (Å²) in [4.78, 5) is 17.3. The average molecular weight is 400 g/mol. The molecule has 4 aromatic rings. The molecule has 0 unspecified atom stereocenters. The number of nitrogens with one attached hydrogen (secondary N) is 1. The molecule has 0 atom stereocenters. The lowest BCUT2D eigenvalue weighted by Crippen LogP contribution is -2.12. The molecule has 0 aliphatic carbocycles. The average Bonchev–Trinajstić information content (AvgIpc) is 3.26. The molecule has 0 bridgehead atoms. The third kappa shape index (κ3) is 4.00. The second-order valence-electron chi connectivity index (χ2n) is 6.47. The van der Waals surface area contributed by atoms with Gasteiger partial charge in [-0.2, -0.15) is 5.10 Å². The SMILES string of the molecule is COc1cc(NC(=O)c2cn(-c3ccccc3)nc2-c2cccnc2)cc(OC)c1. The van der Waals surface area contributed by atoms with E-state index in [4.69, 9.17) is 9.47 Å². The Labute approximate surface area is 173 Å². The summed E-state index contributed by atoms with van der Waals surface area (Å²) < 4.78 is 12.3. The number of nitrogens with zero attached hydrogens (tertiary/aromatic N) is 3. The maximum atomic E-state index is 13.2. The fraction of sp³-hybridized carbons (Fsp3) is 0.0870. The Morgan fingerprint density at radius 1 is 0.967 bits per heavy atom. The minimum absolute atomic E-state index is 0.300. The third-order valence-corrected chi connectivity index (χ3v) is 4.52. The van der Waals surface area contributed by atoms with Crippen LogP contribution in [0.2, 0.25) is 0 Å². The normalized spacial score (nSPS) is 10.5. The number of pyridine rings is 1. The first-order valence-corrected chi connectivity index (χ1v) is 9.28. The lowest BCUT2D eigenvalue weighted by atomic mass is 10.1. The van der Waals surface area contributed by atoms with Crippen LogP contribution < -0.4 is 14.8 Å². The van der Waals surface area contributed by atoms with Crippen LogP contribution >= 0.6 is 0 Å². The second kappa shape index (κ2) is 8.48. The van der Waals surface area contributed by atoms with E-state index in [0.29, 0.717) is 28.4 Å². The van der Waals surface area contributed by atoms with Crippen molar-refractivity contribution < 1.29 is 14.3 Å². The van der Waals surface area contributed by atoms with Crippen LogP contribution in [0.5, 0.6) is 11.5 Å². The summed E-state index contributed by atoms with van der Waals surface area (Å²) in [7, 11) is 3.12. The molecule has 0 saturated carbocycles. The first-order chi connectivity index (χ1) is 14.7. The van der Waals surface area contributed by atoms with E-state index in [1.165, 1.54) is 0 Å². The predicted octanol–water partition coefficient (Wildman–Crippen LogP) is 4.20. The van der Waals surface area contributed by atoms with E-state index in [1.807, 2.05) is 42.5 Å². The van der Waals surface area contributed by atoms with Crippen molar-refractivity contribution in [3.8, 4) is 28.4 Å². The van der Waals surface area contributed by atoms with Crippen molar-refractivity contribution in [1.82, 2.24) is 14.8 Å². The number of methoxy groups -OCH3 is 2. The lowest BCUT2D eigenvalue weighted by molar-refractivity contribution is 0.102. The van der Waals surface area contributed by atoms with Crippen LogP contribution in [0.3, 0.4) is 0 Å². The van der Waals surface area contributed by atoms with Crippen LogP contribution in [0.25, 0.3) is 16.9 Å². The van der Waals surface area contributed by atoms with Gasteiger partial charge in [-0.3, -0.25) is 9.78 Å². The number of carbonyl (C=O) groups is 1. The Morgan fingerprint density at radius 3 is 2.33 bits per heavy atom. The molecule has 2 heterocycles. The Morgan fingerprint density at radius 2 is 1.70 bits per heavy atom. The molecule has 0 aliphatic rings. The quantitative estimate of drug-likeness (QED) is 0.525. The summed E-state index contributed by atoms with van der Waals surface area (Å²) in [5.41, 5.74) is 3.12. The van der Waals surface area contributed by atoms with Gasteiger partial charge in [-0.15, -0.1) is 0 Å². The first-order valence-electron chi connectivity index (χ1n) is 9.28. The molecule has 2 aromatic carbocycles. The Balaban J connectivity index is 1.74. The van der Waals surface area contributed by atoms with Crippen LogP contribution in [0.4, 0.5) is 5.69 Å². The van der Waals surface area contributed by atoms with E-state index in [9.17, 15) is 4.79 Å². The highest BCUT2D eigenvalue weighted by molar-refractivity contribution is 6.08. The molecule has 30 heavy (non-hydrogen) atoms. The molecule has 0 spiro atoms. The highest BCUT2D eigenvalue weighted by atomic mass is 16.5. The monoisotopic (exact) mass is 400 g/mol. The standard InChI is InChI=1S/C23H20N4O3/c1-29-19-11-17(12-20(13-19)30-2)25-23(28)21-15-27(18-8-4-3-5-9-18)26-22(21)16-7-6-10-24-14-16/h3-15H,1-2H3,(H,25,28). The zero-order valence-corrected chi connectivity index (χ0v) is 16.6. The molecule has 1 amide bonds. The van der Waals surface area contributed by atoms with E-state index >= 15 is 0 Å². The number of aromatic nitrogens is 3. The van der Waals surface area contributed by atoms with Crippen molar-refractivity contribution >= 4 is 11.6 Å². The zero-order chi connectivity index (χ0) is 20.9. The summed E-state index contributed by atoms with van der Waals surface area (Å²) in [6, 6.07) is 18.5. The topological polar surface area (TPSA) is 78.3 Å². The number of benzene rings is 2. The largest absolute Gasteiger partial charge is 0.497 e. The predicted molar refractivity (Wildman–Crippen MR) is 114 cm³/mol. The van der Waals surface area contributed by atoms with E-state index in [2.05, 4.69) is 15.4 Å². The minimum Gasteiger partial charge on any atom is -0.497 e. The molecule has 0 saturated heterocycles. The van der Waals surface area contributed by atoms with E-state index in [0.717, 1.165) is 11.3 Å². The molecular formula is C23H20N4O3. The molecule has 0 radical (unpaired) electrons. The van der Waals surface area contributed by atoms with Crippen molar-refractivity contribution in [2.24, 2.45) is 0 Å². The molecular weight excluding hydrogens is 380 g/mol. The van der Waals surface area contributed by atoms with Gasteiger partial charge in [-0.1, -0.05) is 18.2 Å². The number of carbonyl (C=O) groups excluding carboxylic acids is 1. The summed E-state index contributed by atoms with van der Waals surface area (Å²) in [6.07, 6.45) is 5.08. The van der Waals surface area contributed by atoms with Crippen molar-refractivity contribution in [1.29, 1.82) is 0 Å². The molecule has 150 valence electrons. The number of hydrogen-bond acceptors (Lipinski definition) is 5. The van der Waals surface area contributed by atoms with E-state index in [-0.39, 0.29) is 5.91 Å². The van der Waals surface area contributed by atoms with Gasteiger partial charge in [0.1, 0.15) is 17.2 Å². The number of rotatable bonds is 6. The Kier molecular flexibility index (Phi) is 5.43. The maximum absolute atomic E-state index is 13.2. The second-order valence-corrected chi connectivity index (χ2v) is 6.47. The highest BCUT2D eigenvalue weighted by Crippen LogP contribution is 2.28. The number of amides is 1. The summed E-state index contributed by atoms with van der Waals surface area (Å²) in [5, 5.41) is 7.56. The third-order valence-electron chi connectivity index (χ3n) is 4.52. The van der Waals surface area contributed by atoms with Gasteiger partial charge in [-0.25, -0.2) is 4.68 Å². The summed E-state index contributed by atoms with van der Waals surface area (Å²) >= 11 is 0. The molecule has 0 fully saturated rings. The van der Waals surface area contributed by atoms with Crippen molar-refractivity contribution in [2.75, 3.05) is 19.5 Å². The smallest absolute Gasteiger partial charge is 0.259 e. The van der Waals surface area contributed by atoms with Gasteiger partial charge in [0.15, 0.2) is 0 Å². The van der Waals surface area contributed by atoms with Gasteiger partial charge in [0.2, 0.25) is 0 Å². The summed E-state index contributed by atoms with van der Waals surface area (Å²) in [6.45, 7) is 0. The fourth-order valence-electron chi connectivity index (χ4n) is 3.05. The molecule has 7 heteroatoms. The van der Waals surface area contributed by atoms with Gasteiger partial charge in [0.25, 0.3) is 5.91 Å². The van der Waals surface area contributed by atoms with Crippen molar-refractivity contribution in [3.05, 3.63) is 84.8 Å².